The van der Waals surface area contributed by atoms with E-state index >= 15 is 0 Å². The van der Waals surface area contributed by atoms with Gasteiger partial charge in [-0.25, -0.2) is 0 Å². The summed E-state index contributed by atoms with van der Waals surface area (Å²) in [7, 11) is 0. The van der Waals surface area contributed by atoms with Crippen molar-refractivity contribution in [2.75, 3.05) is 31.6 Å². The van der Waals surface area contributed by atoms with E-state index in [1.54, 1.807) is 0 Å². The van der Waals surface area contributed by atoms with Crippen LogP contribution >= 0.6 is 15.9 Å². The van der Waals surface area contributed by atoms with Crippen molar-refractivity contribution in [3.05, 3.63) is 0 Å². The second kappa shape index (κ2) is 7.64. The number of halogens is 1. The van der Waals surface area contributed by atoms with E-state index in [-0.39, 0.29) is 0 Å². The van der Waals surface area contributed by atoms with E-state index in [0.717, 1.165) is 37.7 Å². The first-order valence-electron chi connectivity index (χ1n) is 6.11. The average Bonchev–Trinajstić information content (AvgIpc) is 2.09. The summed E-state index contributed by atoms with van der Waals surface area (Å²) < 4.78 is 5.63. The minimum Gasteiger partial charge on any atom is -0.380 e. The van der Waals surface area contributed by atoms with Gasteiger partial charge < -0.3 is 4.74 Å². The molecular weight excluding hydrogens is 254 g/mol. The molecule has 0 N–H and O–H groups in total. The third-order valence-corrected chi connectivity index (χ3v) is 3.29. The van der Waals surface area contributed by atoms with Crippen LogP contribution in [0.15, 0.2) is 0 Å². The molecule has 0 radical (unpaired) electrons. The number of hydrogen-bond acceptors (Lipinski definition) is 2. The van der Waals surface area contributed by atoms with E-state index in [9.17, 15) is 0 Å². The topological polar surface area (TPSA) is 12.5 Å². The molecule has 2 nitrogen and oxygen atoms in total. The molecule has 1 fully saturated rings. The Balaban J connectivity index is 2.08. The zero-order chi connectivity index (χ0) is 11.1. The van der Waals surface area contributed by atoms with Crippen LogP contribution in [0.1, 0.15) is 33.1 Å². The summed E-state index contributed by atoms with van der Waals surface area (Å²) in [4.78, 5) is 2.57. The van der Waals surface area contributed by atoms with Gasteiger partial charge in [-0.3, -0.25) is 4.90 Å². The molecule has 1 rings (SSSR count). The van der Waals surface area contributed by atoms with Crippen molar-refractivity contribution in [1.82, 2.24) is 4.90 Å². The third-order valence-electron chi connectivity index (χ3n) is 2.94. The Labute approximate surface area is 102 Å². The van der Waals surface area contributed by atoms with E-state index in [1.165, 1.54) is 19.3 Å². The number of ether oxygens (including phenoxy) is 1. The molecule has 0 aliphatic heterocycles. The fourth-order valence-corrected chi connectivity index (χ4v) is 2.29. The molecule has 90 valence electrons. The molecule has 0 spiro atoms. The maximum atomic E-state index is 5.63. The van der Waals surface area contributed by atoms with E-state index in [1.807, 2.05) is 0 Å². The molecular formula is C12H24BrNO. The fourth-order valence-electron chi connectivity index (χ4n) is 1.84. The molecule has 0 atom stereocenters. The molecule has 0 heterocycles. The highest BCUT2D eigenvalue weighted by atomic mass is 79.9. The molecule has 0 amide bonds. The van der Waals surface area contributed by atoms with E-state index in [0.29, 0.717) is 5.92 Å². The average molecular weight is 278 g/mol. The monoisotopic (exact) mass is 277 g/mol. The van der Waals surface area contributed by atoms with Crippen LogP contribution in [0.25, 0.3) is 0 Å². The molecule has 1 saturated carbocycles. The quantitative estimate of drug-likeness (QED) is 0.500. The summed E-state index contributed by atoms with van der Waals surface area (Å²) in [5.74, 6) is 0.651. The molecule has 0 aromatic heterocycles. The van der Waals surface area contributed by atoms with Crippen molar-refractivity contribution in [2.45, 2.75) is 39.2 Å². The third kappa shape index (κ3) is 5.32. The smallest absolute Gasteiger partial charge is 0.0593 e. The van der Waals surface area contributed by atoms with Gasteiger partial charge in [0.1, 0.15) is 0 Å². The molecule has 0 bridgehead atoms. The van der Waals surface area contributed by atoms with Crippen LogP contribution in [-0.2, 0) is 4.74 Å². The van der Waals surface area contributed by atoms with Crippen LogP contribution in [0, 0.1) is 5.92 Å². The largest absolute Gasteiger partial charge is 0.380 e. The van der Waals surface area contributed by atoms with Crippen LogP contribution in [0.4, 0.5) is 0 Å². The minimum absolute atomic E-state index is 0.651. The van der Waals surface area contributed by atoms with Crippen molar-refractivity contribution < 1.29 is 4.74 Å². The molecule has 0 saturated heterocycles. The zero-order valence-electron chi connectivity index (χ0n) is 10.0. The van der Waals surface area contributed by atoms with Crippen LogP contribution in [-0.4, -0.2) is 42.6 Å². The van der Waals surface area contributed by atoms with Gasteiger partial charge in [-0.1, -0.05) is 36.2 Å². The van der Waals surface area contributed by atoms with E-state index < -0.39 is 0 Å². The summed E-state index contributed by atoms with van der Waals surface area (Å²) in [6, 6.07) is 0.838. The van der Waals surface area contributed by atoms with E-state index in [2.05, 4.69) is 34.7 Å². The SMILES string of the molecule is CC(C)COCCN(CCBr)C1CCC1. The Morgan fingerprint density at radius 3 is 2.53 bits per heavy atom. The lowest BCUT2D eigenvalue weighted by atomic mass is 9.91. The summed E-state index contributed by atoms with van der Waals surface area (Å²) in [6.45, 7) is 8.44. The lowest BCUT2D eigenvalue weighted by Crippen LogP contribution is -2.43. The van der Waals surface area contributed by atoms with Gasteiger partial charge in [0.2, 0.25) is 0 Å². The van der Waals surface area contributed by atoms with Gasteiger partial charge in [-0.2, -0.15) is 0 Å². The van der Waals surface area contributed by atoms with Gasteiger partial charge in [0.15, 0.2) is 0 Å². The number of alkyl halides is 1. The van der Waals surface area contributed by atoms with Crippen LogP contribution < -0.4 is 0 Å². The van der Waals surface area contributed by atoms with Crippen LogP contribution in [0.5, 0.6) is 0 Å². The zero-order valence-corrected chi connectivity index (χ0v) is 11.6. The lowest BCUT2D eigenvalue weighted by Gasteiger charge is -2.37. The van der Waals surface area contributed by atoms with Crippen LogP contribution in [0.2, 0.25) is 0 Å². The Kier molecular flexibility index (Phi) is 6.86. The fraction of sp³-hybridized carbons (Fsp3) is 1.00. The normalized spacial score (nSPS) is 17.4. The van der Waals surface area contributed by atoms with Gasteiger partial charge in [0, 0.05) is 31.1 Å². The maximum Gasteiger partial charge on any atom is 0.0593 e. The molecule has 1 aliphatic carbocycles. The Morgan fingerprint density at radius 2 is 2.07 bits per heavy atom. The second-order valence-corrected chi connectivity index (χ2v) is 5.57. The van der Waals surface area contributed by atoms with E-state index in [4.69, 9.17) is 4.74 Å². The predicted molar refractivity (Wildman–Crippen MR) is 68.7 cm³/mol. The first-order valence-corrected chi connectivity index (χ1v) is 7.24. The molecule has 15 heavy (non-hydrogen) atoms. The Morgan fingerprint density at radius 1 is 1.33 bits per heavy atom. The first kappa shape index (κ1) is 13.5. The Hall–Kier alpha value is 0.400. The molecule has 3 heteroatoms. The van der Waals surface area contributed by atoms with Crippen molar-refractivity contribution in [3.63, 3.8) is 0 Å². The van der Waals surface area contributed by atoms with Crippen molar-refractivity contribution >= 4 is 15.9 Å². The molecule has 0 aromatic rings. The number of nitrogens with zero attached hydrogens (tertiary/aromatic N) is 1. The van der Waals surface area contributed by atoms with Gasteiger partial charge in [-0.15, -0.1) is 0 Å². The lowest BCUT2D eigenvalue weighted by molar-refractivity contribution is 0.0576. The highest BCUT2D eigenvalue weighted by molar-refractivity contribution is 9.09. The minimum atomic E-state index is 0.651. The first-order chi connectivity index (χ1) is 7.24. The second-order valence-electron chi connectivity index (χ2n) is 4.78. The van der Waals surface area contributed by atoms with Gasteiger partial charge in [0.05, 0.1) is 6.61 Å². The summed E-state index contributed by atoms with van der Waals surface area (Å²) in [6.07, 6.45) is 4.19. The predicted octanol–water partition coefficient (Wildman–Crippen LogP) is 2.91. The molecule has 0 unspecified atom stereocenters. The van der Waals surface area contributed by atoms with Crippen LogP contribution in [0.3, 0.4) is 0 Å². The molecule has 1 aliphatic rings. The van der Waals surface area contributed by atoms with Crippen molar-refractivity contribution in [2.24, 2.45) is 5.92 Å². The van der Waals surface area contributed by atoms with Crippen molar-refractivity contribution in [3.8, 4) is 0 Å². The highest BCUT2D eigenvalue weighted by Crippen LogP contribution is 2.24. The van der Waals surface area contributed by atoms with Gasteiger partial charge >= 0.3 is 0 Å². The molecule has 0 aromatic carbocycles. The maximum absolute atomic E-state index is 5.63. The van der Waals surface area contributed by atoms with Crippen molar-refractivity contribution in [1.29, 1.82) is 0 Å². The number of hydrogen-bond donors (Lipinski definition) is 0. The highest BCUT2D eigenvalue weighted by Gasteiger charge is 2.23. The standard InChI is InChI=1S/C12H24BrNO/c1-11(2)10-15-9-8-14(7-6-13)12-4-3-5-12/h11-12H,3-10H2,1-2H3. The summed E-state index contributed by atoms with van der Waals surface area (Å²) >= 11 is 3.52. The van der Waals surface area contributed by atoms with Gasteiger partial charge in [-0.05, 0) is 18.8 Å². The summed E-state index contributed by atoms with van der Waals surface area (Å²) in [5, 5.41) is 1.08. The number of rotatable bonds is 8. The Bertz CT molecular complexity index is 160. The van der Waals surface area contributed by atoms with Gasteiger partial charge in [0.25, 0.3) is 0 Å². The summed E-state index contributed by atoms with van der Waals surface area (Å²) in [5.41, 5.74) is 0.